The molecule has 134 valence electrons. The van der Waals surface area contributed by atoms with Gasteiger partial charge in [0.25, 0.3) is 5.91 Å². The van der Waals surface area contributed by atoms with Crippen molar-refractivity contribution in [2.24, 2.45) is 0 Å². The Kier molecular flexibility index (Phi) is 5.47. The second-order valence-electron chi connectivity index (χ2n) is 6.10. The van der Waals surface area contributed by atoms with Gasteiger partial charge in [-0.15, -0.1) is 0 Å². The van der Waals surface area contributed by atoms with Gasteiger partial charge in [-0.25, -0.2) is 0 Å². The summed E-state index contributed by atoms with van der Waals surface area (Å²) in [4.78, 5) is 17.1. The number of carbonyl (C=O) groups is 1. The maximum absolute atomic E-state index is 13.5. The van der Waals surface area contributed by atoms with E-state index in [0.717, 1.165) is 24.1 Å². The Morgan fingerprint density at radius 2 is 1.37 bits per heavy atom. The van der Waals surface area contributed by atoms with Crippen molar-refractivity contribution < 1.29 is 4.79 Å². The lowest BCUT2D eigenvalue weighted by Gasteiger charge is -2.24. The van der Waals surface area contributed by atoms with E-state index in [9.17, 15) is 4.79 Å². The molecule has 1 atom stereocenters. The zero-order valence-corrected chi connectivity index (χ0v) is 19.2. The van der Waals surface area contributed by atoms with Gasteiger partial charge in [-0.05, 0) is 99.4 Å². The first-order valence-electron chi connectivity index (χ1n) is 8.29. The molecular formula is C21H14I2N2OS. The van der Waals surface area contributed by atoms with Gasteiger partial charge in [0, 0.05) is 12.8 Å². The summed E-state index contributed by atoms with van der Waals surface area (Å²) in [6, 6.07) is 25.2. The lowest BCUT2D eigenvalue weighted by Crippen LogP contribution is -2.32. The highest BCUT2D eigenvalue weighted by Crippen LogP contribution is 2.38. The lowest BCUT2D eigenvalue weighted by molar-refractivity contribution is -0.118. The number of nitrogens with zero attached hydrogens (tertiary/aromatic N) is 2. The molecule has 4 rings (SSSR count). The van der Waals surface area contributed by atoms with Gasteiger partial charge in [-0.2, -0.15) is 0 Å². The summed E-state index contributed by atoms with van der Waals surface area (Å²) < 4.78 is 2.16. The number of anilines is 2. The molecule has 0 bridgehead atoms. The maximum Gasteiger partial charge on any atom is 0.261 e. The SMILES string of the molecule is O=C1C(c2ccccc2)N(c2cccc(I)c2)C(=S)N1c1cccc(I)c1. The highest BCUT2D eigenvalue weighted by molar-refractivity contribution is 14.1. The van der Waals surface area contributed by atoms with Crippen LogP contribution in [0, 0.1) is 7.14 Å². The molecule has 1 aliphatic rings. The fourth-order valence-corrected chi connectivity index (χ4v) is 4.67. The molecule has 0 N–H and O–H groups in total. The topological polar surface area (TPSA) is 23.6 Å². The van der Waals surface area contributed by atoms with Gasteiger partial charge < -0.3 is 4.90 Å². The quantitative estimate of drug-likeness (QED) is 0.284. The van der Waals surface area contributed by atoms with E-state index in [4.69, 9.17) is 12.2 Å². The van der Waals surface area contributed by atoms with Crippen molar-refractivity contribution in [2.45, 2.75) is 6.04 Å². The van der Waals surface area contributed by atoms with Crippen molar-refractivity contribution in [2.75, 3.05) is 9.80 Å². The van der Waals surface area contributed by atoms with Crippen molar-refractivity contribution in [3.63, 3.8) is 0 Å². The van der Waals surface area contributed by atoms with E-state index in [1.807, 2.05) is 83.8 Å². The lowest BCUT2D eigenvalue weighted by atomic mass is 10.1. The van der Waals surface area contributed by atoms with Gasteiger partial charge in [0.15, 0.2) is 5.11 Å². The van der Waals surface area contributed by atoms with E-state index in [0.29, 0.717) is 5.11 Å². The first-order chi connectivity index (χ1) is 13.1. The third-order valence-corrected chi connectivity index (χ3v) is 6.10. The van der Waals surface area contributed by atoms with Crippen LogP contribution in [-0.4, -0.2) is 11.0 Å². The minimum absolute atomic E-state index is 0.0351. The van der Waals surface area contributed by atoms with Gasteiger partial charge in [0.1, 0.15) is 6.04 Å². The molecule has 1 heterocycles. The fourth-order valence-electron chi connectivity index (χ4n) is 3.21. The number of benzene rings is 3. The summed E-state index contributed by atoms with van der Waals surface area (Å²) in [6.07, 6.45) is 0. The van der Waals surface area contributed by atoms with E-state index >= 15 is 0 Å². The molecular weight excluding hydrogens is 582 g/mol. The van der Waals surface area contributed by atoms with E-state index in [2.05, 4.69) is 45.2 Å². The predicted molar refractivity (Wildman–Crippen MR) is 130 cm³/mol. The summed E-state index contributed by atoms with van der Waals surface area (Å²) in [7, 11) is 0. The number of thiocarbonyl (C=S) groups is 1. The standard InChI is InChI=1S/C21H14I2N2OS/c22-15-8-4-10-17(12-15)24-19(14-6-2-1-3-7-14)20(26)25(21(24)27)18-11-5-9-16(23)13-18/h1-13,19H. The number of hydrogen-bond acceptors (Lipinski definition) is 2. The molecule has 1 fully saturated rings. The third kappa shape index (κ3) is 3.62. The molecule has 1 aliphatic heterocycles. The van der Waals surface area contributed by atoms with Crippen LogP contribution in [0.1, 0.15) is 11.6 Å². The van der Waals surface area contributed by atoms with Crippen LogP contribution in [0.15, 0.2) is 78.9 Å². The molecule has 0 aliphatic carbocycles. The number of hydrogen-bond donors (Lipinski definition) is 0. The molecule has 6 heteroatoms. The second kappa shape index (κ2) is 7.84. The van der Waals surface area contributed by atoms with Crippen molar-refractivity contribution in [3.05, 3.63) is 91.6 Å². The molecule has 0 radical (unpaired) electrons. The minimum atomic E-state index is -0.477. The van der Waals surface area contributed by atoms with E-state index in [1.54, 1.807) is 4.90 Å². The maximum atomic E-state index is 13.5. The van der Waals surface area contributed by atoms with Gasteiger partial charge in [-0.1, -0.05) is 42.5 Å². The largest absolute Gasteiger partial charge is 0.301 e. The molecule has 3 aromatic carbocycles. The Balaban J connectivity index is 1.86. The minimum Gasteiger partial charge on any atom is -0.301 e. The van der Waals surface area contributed by atoms with E-state index in [-0.39, 0.29) is 5.91 Å². The summed E-state index contributed by atoms with van der Waals surface area (Å²) in [6.45, 7) is 0. The number of carbonyl (C=O) groups excluding carboxylic acids is 1. The first-order valence-corrected chi connectivity index (χ1v) is 10.9. The van der Waals surface area contributed by atoms with Gasteiger partial charge in [0.2, 0.25) is 0 Å². The summed E-state index contributed by atoms with van der Waals surface area (Å²) in [5, 5.41) is 0.498. The Labute approximate surface area is 190 Å². The highest BCUT2D eigenvalue weighted by Gasteiger charge is 2.44. The second-order valence-corrected chi connectivity index (χ2v) is 8.96. The molecule has 27 heavy (non-hydrogen) atoms. The van der Waals surface area contributed by atoms with Crippen LogP contribution in [0.5, 0.6) is 0 Å². The van der Waals surface area contributed by atoms with Crippen molar-refractivity contribution >= 4 is 79.8 Å². The molecule has 3 aromatic rings. The fraction of sp³-hybridized carbons (Fsp3) is 0.0476. The van der Waals surface area contributed by atoms with Crippen molar-refractivity contribution in [1.29, 1.82) is 0 Å². The van der Waals surface area contributed by atoms with Crippen molar-refractivity contribution in [3.8, 4) is 0 Å². The van der Waals surface area contributed by atoms with Crippen LogP contribution in [0.25, 0.3) is 0 Å². The summed E-state index contributed by atoms with van der Waals surface area (Å²) >= 11 is 10.3. The summed E-state index contributed by atoms with van der Waals surface area (Å²) in [5.74, 6) is -0.0351. The van der Waals surface area contributed by atoms with Crippen LogP contribution in [0.2, 0.25) is 0 Å². The Morgan fingerprint density at radius 1 is 0.778 bits per heavy atom. The van der Waals surface area contributed by atoms with Gasteiger partial charge in [0.05, 0.1) is 5.69 Å². The summed E-state index contributed by atoms with van der Waals surface area (Å²) in [5.41, 5.74) is 2.64. The Bertz CT molecular complexity index is 1030. The monoisotopic (exact) mass is 596 g/mol. The smallest absolute Gasteiger partial charge is 0.261 e. The van der Waals surface area contributed by atoms with Crippen LogP contribution in [-0.2, 0) is 4.79 Å². The number of rotatable bonds is 3. The van der Waals surface area contributed by atoms with Gasteiger partial charge in [-0.3, -0.25) is 9.69 Å². The molecule has 0 aromatic heterocycles. The molecule has 1 saturated heterocycles. The molecule has 0 spiro atoms. The van der Waals surface area contributed by atoms with Crippen LogP contribution in [0.4, 0.5) is 11.4 Å². The molecule has 1 unspecified atom stereocenters. The first kappa shape index (κ1) is 18.8. The molecule has 0 saturated carbocycles. The van der Waals surface area contributed by atoms with E-state index in [1.165, 1.54) is 0 Å². The zero-order chi connectivity index (χ0) is 19.0. The van der Waals surface area contributed by atoms with Gasteiger partial charge >= 0.3 is 0 Å². The van der Waals surface area contributed by atoms with E-state index < -0.39 is 6.04 Å². The van der Waals surface area contributed by atoms with Crippen molar-refractivity contribution in [1.82, 2.24) is 0 Å². The zero-order valence-electron chi connectivity index (χ0n) is 14.0. The average molecular weight is 596 g/mol. The number of amides is 1. The van der Waals surface area contributed by atoms with Crippen LogP contribution >= 0.6 is 57.4 Å². The normalized spacial score (nSPS) is 16.9. The molecule has 1 amide bonds. The number of halogens is 2. The Morgan fingerprint density at radius 3 is 2.00 bits per heavy atom. The molecule has 3 nitrogen and oxygen atoms in total. The van der Waals surface area contributed by atoms with Crippen LogP contribution < -0.4 is 9.80 Å². The highest BCUT2D eigenvalue weighted by atomic mass is 127. The average Bonchev–Trinajstić information content (AvgIpc) is 2.93. The van der Waals surface area contributed by atoms with Crippen LogP contribution in [0.3, 0.4) is 0 Å². The predicted octanol–water partition coefficient (Wildman–Crippen LogP) is 5.78. The third-order valence-electron chi connectivity index (χ3n) is 4.38. The Hall–Kier alpha value is -1.52.